The molecule has 5 heteroatoms. The number of hydrogen-bond donors (Lipinski definition) is 1. The fourth-order valence-electron chi connectivity index (χ4n) is 1.37. The van der Waals surface area contributed by atoms with Gasteiger partial charge in [0.15, 0.2) is 0 Å². The summed E-state index contributed by atoms with van der Waals surface area (Å²) >= 11 is 0. The van der Waals surface area contributed by atoms with Crippen LogP contribution in [-0.2, 0) is 4.74 Å². The molecule has 1 rings (SSSR count). The number of amides is 2. The van der Waals surface area contributed by atoms with Gasteiger partial charge in [-0.25, -0.2) is 4.79 Å². The molecule has 0 bridgehead atoms. The van der Waals surface area contributed by atoms with E-state index in [0.717, 1.165) is 13.1 Å². The van der Waals surface area contributed by atoms with Gasteiger partial charge in [0.1, 0.15) is 0 Å². The van der Waals surface area contributed by atoms with Crippen LogP contribution in [0.4, 0.5) is 4.79 Å². The minimum atomic E-state index is 0.101. The first-order chi connectivity index (χ1) is 6.75. The van der Waals surface area contributed by atoms with E-state index in [9.17, 15) is 4.79 Å². The molecule has 14 heavy (non-hydrogen) atoms. The SMILES string of the molecule is CNCCN(C)C(=O)N1CCOCC1. The van der Waals surface area contributed by atoms with Gasteiger partial charge in [0.05, 0.1) is 13.2 Å². The zero-order valence-corrected chi connectivity index (χ0v) is 8.95. The molecule has 0 spiro atoms. The number of hydrogen-bond acceptors (Lipinski definition) is 3. The van der Waals surface area contributed by atoms with Crippen molar-refractivity contribution in [3.8, 4) is 0 Å². The minimum Gasteiger partial charge on any atom is -0.378 e. The van der Waals surface area contributed by atoms with Crippen molar-refractivity contribution in [1.29, 1.82) is 0 Å². The summed E-state index contributed by atoms with van der Waals surface area (Å²) in [5.41, 5.74) is 0. The monoisotopic (exact) mass is 201 g/mol. The third-order valence-corrected chi connectivity index (χ3v) is 2.31. The van der Waals surface area contributed by atoms with E-state index in [-0.39, 0.29) is 6.03 Å². The lowest BCUT2D eigenvalue weighted by atomic mass is 10.4. The van der Waals surface area contributed by atoms with Gasteiger partial charge >= 0.3 is 6.03 Å². The lowest BCUT2D eigenvalue weighted by Gasteiger charge is -2.30. The summed E-state index contributed by atoms with van der Waals surface area (Å²) in [4.78, 5) is 15.3. The highest BCUT2D eigenvalue weighted by Gasteiger charge is 2.19. The highest BCUT2D eigenvalue weighted by atomic mass is 16.5. The van der Waals surface area contributed by atoms with Crippen molar-refractivity contribution in [1.82, 2.24) is 15.1 Å². The molecule has 0 aromatic rings. The number of rotatable bonds is 3. The first-order valence-electron chi connectivity index (χ1n) is 4.98. The second kappa shape index (κ2) is 5.82. The van der Waals surface area contributed by atoms with Crippen LogP contribution in [0.15, 0.2) is 0 Å². The molecule has 1 fully saturated rings. The van der Waals surface area contributed by atoms with E-state index in [1.807, 2.05) is 19.0 Å². The molecule has 0 atom stereocenters. The third kappa shape index (κ3) is 3.16. The zero-order chi connectivity index (χ0) is 10.4. The number of likely N-dealkylation sites (N-methyl/N-ethyl adjacent to an activating group) is 2. The van der Waals surface area contributed by atoms with Gasteiger partial charge in [0.25, 0.3) is 0 Å². The summed E-state index contributed by atoms with van der Waals surface area (Å²) in [5.74, 6) is 0. The summed E-state index contributed by atoms with van der Waals surface area (Å²) in [6, 6.07) is 0.101. The second-order valence-electron chi connectivity index (χ2n) is 3.41. The standard InChI is InChI=1S/C9H19N3O2/c1-10-3-4-11(2)9(13)12-5-7-14-8-6-12/h10H,3-8H2,1-2H3. The van der Waals surface area contributed by atoms with Gasteiger partial charge in [-0.15, -0.1) is 0 Å². The normalized spacial score (nSPS) is 16.9. The van der Waals surface area contributed by atoms with Crippen molar-refractivity contribution in [2.75, 3.05) is 53.5 Å². The number of urea groups is 1. The van der Waals surface area contributed by atoms with E-state index in [1.165, 1.54) is 0 Å². The molecule has 1 saturated heterocycles. The van der Waals surface area contributed by atoms with Crippen molar-refractivity contribution in [3.63, 3.8) is 0 Å². The van der Waals surface area contributed by atoms with Gasteiger partial charge in [0.2, 0.25) is 0 Å². The van der Waals surface area contributed by atoms with E-state index in [4.69, 9.17) is 4.74 Å². The Bertz CT molecular complexity index is 181. The van der Waals surface area contributed by atoms with Crippen LogP contribution in [0.5, 0.6) is 0 Å². The molecule has 0 aromatic heterocycles. The molecule has 2 amide bonds. The summed E-state index contributed by atoms with van der Waals surface area (Å²) in [6.07, 6.45) is 0. The van der Waals surface area contributed by atoms with Gasteiger partial charge in [-0.1, -0.05) is 0 Å². The van der Waals surface area contributed by atoms with Crippen LogP contribution in [0.3, 0.4) is 0 Å². The Balaban J connectivity index is 2.30. The van der Waals surface area contributed by atoms with Crippen LogP contribution in [-0.4, -0.2) is 69.3 Å². The number of ether oxygens (including phenoxy) is 1. The lowest BCUT2D eigenvalue weighted by Crippen LogP contribution is -2.48. The molecule has 1 aliphatic rings. The topological polar surface area (TPSA) is 44.8 Å². The van der Waals surface area contributed by atoms with Crippen molar-refractivity contribution in [3.05, 3.63) is 0 Å². The van der Waals surface area contributed by atoms with Gasteiger partial charge in [-0.3, -0.25) is 0 Å². The van der Waals surface area contributed by atoms with Crippen molar-refractivity contribution >= 4 is 6.03 Å². The maximum Gasteiger partial charge on any atom is 0.319 e. The maximum atomic E-state index is 11.8. The van der Waals surface area contributed by atoms with E-state index in [2.05, 4.69) is 5.32 Å². The highest BCUT2D eigenvalue weighted by molar-refractivity contribution is 5.74. The first kappa shape index (κ1) is 11.3. The average Bonchev–Trinajstić information content (AvgIpc) is 2.26. The molecule has 0 saturated carbocycles. The largest absolute Gasteiger partial charge is 0.378 e. The van der Waals surface area contributed by atoms with Crippen LogP contribution in [0.2, 0.25) is 0 Å². The molecule has 1 heterocycles. The Labute approximate surface area is 85.0 Å². The predicted molar refractivity (Wildman–Crippen MR) is 54.3 cm³/mol. The van der Waals surface area contributed by atoms with Crippen molar-refractivity contribution < 1.29 is 9.53 Å². The van der Waals surface area contributed by atoms with Crippen LogP contribution >= 0.6 is 0 Å². The maximum absolute atomic E-state index is 11.8. The van der Waals surface area contributed by atoms with Gasteiger partial charge in [-0.05, 0) is 7.05 Å². The Hall–Kier alpha value is -0.810. The number of nitrogens with one attached hydrogen (secondary N) is 1. The number of morpholine rings is 1. The summed E-state index contributed by atoms with van der Waals surface area (Å²) in [6.45, 7) is 4.31. The average molecular weight is 201 g/mol. The van der Waals surface area contributed by atoms with Gasteiger partial charge in [0, 0.05) is 33.2 Å². The predicted octanol–water partition coefficient (Wildman–Crippen LogP) is -0.410. The quantitative estimate of drug-likeness (QED) is 0.675. The number of carbonyl (C=O) groups excluding carboxylic acids is 1. The number of nitrogens with zero attached hydrogens (tertiary/aromatic N) is 2. The molecule has 1 N–H and O–H groups in total. The van der Waals surface area contributed by atoms with E-state index in [0.29, 0.717) is 26.3 Å². The molecule has 0 radical (unpaired) electrons. The lowest BCUT2D eigenvalue weighted by molar-refractivity contribution is 0.0454. The van der Waals surface area contributed by atoms with E-state index < -0.39 is 0 Å². The Morgan fingerprint density at radius 2 is 2.14 bits per heavy atom. The first-order valence-corrected chi connectivity index (χ1v) is 4.98. The Morgan fingerprint density at radius 3 is 2.71 bits per heavy atom. The molecule has 0 aliphatic carbocycles. The minimum absolute atomic E-state index is 0.101. The zero-order valence-electron chi connectivity index (χ0n) is 8.95. The van der Waals surface area contributed by atoms with E-state index in [1.54, 1.807) is 4.90 Å². The fourth-order valence-corrected chi connectivity index (χ4v) is 1.37. The van der Waals surface area contributed by atoms with Gasteiger partial charge in [-0.2, -0.15) is 0 Å². The van der Waals surface area contributed by atoms with Crippen molar-refractivity contribution in [2.24, 2.45) is 0 Å². The molecule has 5 nitrogen and oxygen atoms in total. The molecular weight excluding hydrogens is 182 g/mol. The van der Waals surface area contributed by atoms with Crippen LogP contribution in [0.1, 0.15) is 0 Å². The molecule has 1 aliphatic heterocycles. The smallest absolute Gasteiger partial charge is 0.319 e. The van der Waals surface area contributed by atoms with Crippen molar-refractivity contribution in [2.45, 2.75) is 0 Å². The van der Waals surface area contributed by atoms with Crippen LogP contribution in [0, 0.1) is 0 Å². The molecule has 82 valence electrons. The highest BCUT2D eigenvalue weighted by Crippen LogP contribution is 2.00. The van der Waals surface area contributed by atoms with Crippen LogP contribution in [0.25, 0.3) is 0 Å². The molecule has 0 unspecified atom stereocenters. The summed E-state index contributed by atoms with van der Waals surface area (Å²) < 4.78 is 5.19. The van der Waals surface area contributed by atoms with Gasteiger partial charge < -0.3 is 19.9 Å². The summed E-state index contributed by atoms with van der Waals surface area (Å²) in [7, 11) is 3.71. The fraction of sp³-hybridized carbons (Fsp3) is 0.889. The Kier molecular flexibility index (Phi) is 4.69. The Morgan fingerprint density at radius 1 is 1.50 bits per heavy atom. The molecule has 0 aromatic carbocycles. The van der Waals surface area contributed by atoms with E-state index >= 15 is 0 Å². The number of carbonyl (C=O) groups is 1. The summed E-state index contributed by atoms with van der Waals surface area (Å²) in [5, 5.41) is 3.02. The molecular formula is C9H19N3O2. The third-order valence-electron chi connectivity index (χ3n) is 2.31. The second-order valence-corrected chi connectivity index (χ2v) is 3.41. The van der Waals surface area contributed by atoms with Crippen LogP contribution < -0.4 is 5.32 Å².